The average Bonchev–Trinajstić information content (AvgIpc) is 2.68. The van der Waals surface area contributed by atoms with Gasteiger partial charge in [-0.1, -0.05) is 30.3 Å². The molecule has 2 heterocycles. The van der Waals surface area contributed by atoms with Gasteiger partial charge in [-0.15, -0.1) is 0 Å². The summed E-state index contributed by atoms with van der Waals surface area (Å²) in [5.41, 5.74) is 3.49. The van der Waals surface area contributed by atoms with E-state index < -0.39 is 0 Å². The molecule has 1 aromatic heterocycles. The number of ether oxygens (including phenoxy) is 1. The Hall–Kier alpha value is -3.34. The van der Waals surface area contributed by atoms with Crippen LogP contribution in [0.25, 0.3) is 0 Å². The predicted octanol–water partition coefficient (Wildman–Crippen LogP) is 3.51. The maximum atomic E-state index is 12.2. The summed E-state index contributed by atoms with van der Waals surface area (Å²) in [6.45, 7) is 0.471. The molecule has 1 unspecified atom stereocenters. The van der Waals surface area contributed by atoms with Crippen LogP contribution in [0.5, 0.6) is 5.75 Å². The molecule has 124 valence electrons. The molecule has 1 amide bonds. The van der Waals surface area contributed by atoms with E-state index in [1.54, 1.807) is 12.4 Å². The first kappa shape index (κ1) is 15.2. The Morgan fingerprint density at radius 3 is 2.60 bits per heavy atom. The third-order valence-electron chi connectivity index (χ3n) is 4.09. The van der Waals surface area contributed by atoms with E-state index in [9.17, 15) is 4.79 Å². The van der Waals surface area contributed by atoms with Gasteiger partial charge in [-0.05, 0) is 35.9 Å². The van der Waals surface area contributed by atoms with Crippen molar-refractivity contribution in [1.82, 2.24) is 10.3 Å². The number of carbonyl (C=O) groups is 1. The summed E-state index contributed by atoms with van der Waals surface area (Å²) in [5.74, 6) is 0.700. The van der Waals surface area contributed by atoms with Crippen LogP contribution in [0.15, 0.2) is 73.1 Å². The van der Waals surface area contributed by atoms with Crippen molar-refractivity contribution >= 4 is 11.6 Å². The number of hydrogen-bond acceptors (Lipinski definition) is 4. The largest absolute Gasteiger partial charge is 0.489 e. The first-order valence-electron chi connectivity index (χ1n) is 8.08. The zero-order valence-corrected chi connectivity index (χ0v) is 13.5. The van der Waals surface area contributed by atoms with Gasteiger partial charge >= 0.3 is 0 Å². The molecule has 5 heteroatoms. The average molecular weight is 331 g/mol. The maximum Gasteiger partial charge on any atom is 0.255 e. The summed E-state index contributed by atoms with van der Waals surface area (Å²) in [6, 6.07) is 19.0. The Balaban J connectivity index is 1.45. The lowest BCUT2D eigenvalue weighted by molar-refractivity contribution is 0.0935. The molecule has 1 aliphatic heterocycles. The van der Waals surface area contributed by atoms with Gasteiger partial charge in [-0.2, -0.15) is 0 Å². The van der Waals surface area contributed by atoms with Crippen LogP contribution in [-0.2, 0) is 6.61 Å². The maximum absolute atomic E-state index is 12.2. The fourth-order valence-electron chi connectivity index (χ4n) is 2.78. The van der Waals surface area contributed by atoms with Crippen LogP contribution in [0.4, 0.5) is 5.69 Å². The molecule has 0 saturated heterocycles. The second-order valence-corrected chi connectivity index (χ2v) is 5.82. The third kappa shape index (κ3) is 3.30. The molecule has 5 nitrogen and oxygen atoms in total. The zero-order chi connectivity index (χ0) is 17.1. The number of nitrogens with one attached hydrogen (secondary N) is 2. The van der Waals surface area contributed by atoms with Crippen molar-refractivity contribution in [1.29, 1.82) is 0 Å². The molecular weight excluding hydrogens is 314 g/mol. The molecule has 1 aliphatic rings. The van der Waals surface area contributed by atoms with Crippen molar-refractivity contribution in [2.24, 2.45) is 0 Å². The number of hydrogen-bond donors (Lipinski definition) is 2. The minimum atomic E-state index is -0.255. The molecule has 0 saturated carbocycles. The highest BCUT2D eigenvalue weighted by Gasteiger charge is 2.23. The molecule has 2 N–H and O–H groups in total. The zero-order valence-electron chi connectivity index (χ0n) is 13.5. The smallest absolute Gasteiger partial charge is 0.255 e. The summed E-state index contributed by atoms with van der Waals surface area (Å²) >= 11 is 0. The number of pyridine rings is 1. The summed E-state index contributed by atoms with van der Waals surface area (Å²) < 4.78 is 5.76. The van der Waals surface area contributed by atoms with Gasteiger partial charge in [-0.25, -0.2) is 0 Å². The summed E-state index contributed by atoms with van der Waals surface area (Å²) in [5, 5.41) is 6.31. The Labute approximate surface area is 145 Å². The van der Waals surface area contributed by atoms with Crippen LogP contribution in [-0.4, -0.2) is 10.9 Å². The normalized spacial score (nSPS) is 15.7. The summed E-state index contributed by atoms with van der Waals surface area (Å²) in [6.07, 6.45) is 3.27. The van der Waals surface area contributed by atoms with Crippen molar-refractivity contribution in [3.05, 3.63) is 89.7 Å². The summed E-state index contributed by atoms with van der Waals surface area (Å²) in [7, 11) is 0. The number of amides is 1. The molecule has 4 rings (SSSR count). The molecule has 1 atom stereocenters. The van der Waals surface area contributed by atoms with Gasteiger partial charge in [0.15, 0.2) is 0 Å². The topological polar surface area (TPSA) is 63.2 Å². The Bertz CT molecular complexity index is 879. The Morgan fingerprint density at radius 1 is 0.960 bits per heavy atom. The lowest BCUT2D eigenvalue weighted by atomic mass is 10.1. The van der Waals surface area contributed by atoms with Crippen molar-refractivity contribution in [3.8, 4) is 5.75 Å². The second kappa shape index (κ2) is 6.65. The molecule has 0 bridgehead atoms. The number of rotatable bonds is 4. The molecular formula is C20H17N3O2. The third-order valence-corrected chi connectivity index (χ3v) is 4.09. The monoisotopic (exact) mass is 331 g/mol. The van der Waals surface area contributed by atoms with Crippen LogP contribution in [0.2, 0.25) is 0 Å². The summed E-state index contributed by atoms with van der Waals surface area (Å²) in [4.78, 5) is 16.3. The van der Waals surface area contributed by atoms with Crippen LogP contribution in [0.3, 0.4) is 0 Å². The van der Waals surface area contributed by atoms with Gasteiger partial charge in [-0.3, -0.25) is 9.78 Å². The van der Waals surface area contributed by atoms with E-state index >= 15 is 0 Å². The van der Waals surface area contributed by atoms with Gasteiger partial charge < -0.3 is 15.4 Å². The quantitative estimate of drug-likeness (QED) is 0.768. The Kier molecular flexibility index (Phi) is 4.04. The van der Waals surface area contributed by atoms with E-state index in [4.69, 9.17) is 4.74 Å². The minimum Gasteiger partial charge on any atom is -0.489 e. The molecule has 2 aromatic carbocycles. The van der Waals surface area contributed by atoms with Gasteiger partial charge in [0, 0.05) is 23.6 Å². The van der Waals surface area contributed by atoms with E-state index in [1.165, 1.54) is 0 Å². The lowest BCUT2D eigenvalue weighted by Crippen LogP contribution is -2.38. The minimum absolute atomic E-state index is 0.0729. The van der Waals surface area contributed by atoms with Crippen LogP contribution >= 0.6 is 0 Å². The van der Waals surface area contributed by atoms with Crippen LogP contribution in [0.1, 0.15) is 27.7 Å². The van der Waals surface area contributed by atoms with E-state index in [1.807, 2.05) is 60.7 Å². The van der Waals surface area contributed by atoms with Gasteiger partial charge in [0.05, 0.1) is 5.56 Å². The predicted molar refractivity (Wildman–Crippen MR) is 95.3 cm³/mol. The highest BCUT2D eigenvalue weighted by Crippen LogP contribution is 2.27. The van der Waals surface area contributed by atoms with Crippen molar-refractivity contribution < 1.29 is 9.53 Å². The number of benzene rings is 2. The molecule has 0 spiro atoms. The van der Waals surface area contributed by atoms with Crippen LogP contribution in [0, 0.1) is 0 Å². The highest BCUT2D eigenvalue weighted by molar-refractivity contribution is 6.01. The van der Waals surface area contributed by atoms with Gasteiger partial charge in [0.2, 0.25) is 0 Å². The first-order chi connectivity index (χ1) is 12.3. The van der Waals surface area contributed by atoms with Crippen molar-refractivity contribution in [2.75, 3.05) is 5.32 Å². The van der Waals surface area contributed by atoms with E-state index in [0.29, 0.717) is 12.2 Å². The second-order valence-electron chi connectivity index (χ2n) is 5.82. The van der Waals surface area contributed by atoms with E-state index in [2.05, 4.69) is 15.6 Å². The molecule has 0 aliphatic carbocycles. The molecule has 3 aromatic rings. The SMILES string of the molecule is O=C1NC(c2ccc(OCc3cccnc3)cc2)Nc2ccccc21. The molecule has 0 radical (unpaired) electrons. The van der Waals surface area contributed by atoms with E-state index in [-0.39, 0.29) is 12.1 Å². The first-order valence-corrected chi connectivity index (χ1v) is 8.08. The van der Waals surface area contributed by atoms with E-state index in [0.717, 1.165) is 22.6 Å². The number of nitrogens with zero attached hydrogens (tertiary/aromatic N) is 1. The van der Waals surface area contributed by atoms with Crippen LogP contribution < -0.4 is 15.4 Å². The molecule has 0 fully saturated rings. The number of anilines is 1. The standard InChI is InChI=1S/C20H17N3O2/c24-20-17-5-1-2-6-18(17)22-19(23-20)15-7-9-16(10-8-15)25-13-14-4-3-11-21-12-14/h1-12,19,22H,13H2,(H,23,24). The number of aromatic nitrogens is 1. The van der Waals surface area contributed by atoms with Crippen molar-refractivity contribution in [3.63, 3.8) is 0 Å². The number of fused-ring (bicyclic) bond motifs is 1. The van der Waals surface area contributed by atoms with Gasteiger partial charge in [0.25, 0.3) is 5.91 Å². The van der Waals surface area contributed by atoms with Crippen molar-refractivity contribution in [2.45, 2.75) is 12.8 Å². The fourth-order valence-corrected chi connectivity index (χ4v) is 2.78. The number of carbonyl (C=O) groups excluding carboxylic acids is 1. The lowest BCUT2D eigenvalue weighted by Gasteiger charge is -2.28. The highest BCUT2D eigenvalue weighted by atomic mass is 16.5. The Morgan fingerprint density at radius 2 is 1.80 bits per heavy atom. The van der Waals surface area contributed by atoms with Gasteiger partial charge in [0.1, 0.15) is 18.5 Å². The fraction of sp³-hybridized carbons (Fsp3) is 0.100. The molecule has 25 heavy (non-hydrogen) atoms. The number of para-hydroxylation sites is 1.